The first kappa shape index (κ1) is 35.1. The monoisotopic (exact) mass is 563 g/mol. The lowest BCUT2D eigenvalue weighted by molar-refractivity contribution is -0.152. The highest BCUT2D eigenvalue weighted by molar-refractivity contribution is 5.78. The Hall–Kier alpha value is -2.94. The van der Waals surface area contributed by atoms with Crippen LogP contribution >= 0.6 is 0 Å². The summed E-state index contributed by atoms with van der Waals surface area (Å²) in [6.07, 6.45) is 3.51. The maximum Gasteiger partial charge on any atom is 0.323 e. The number of carbonyl (C=O) groups is 4. The van der Waals surface area contributed by atoms with Crippen LogP contribution in [0.4, 0.5) is 0 Å². The fourth-order valence-electron chi connectivity index (χ4n) is 3.86. The average Bonchev–Trinajstić information content (AvgIpc) is 2.91. The van der Waals surface area contributed by atoms with Gasteiger partial charge in [-0.2, -0.15) is 0 Å². The second-order valence-electron chi connectivity index (χ2n) is 10.8. The van der Waals surface area contributed by atoms with E-state index >= 15 is 0 Å². The van der Waals surface area contributed by atoms with Gasteiger partial charge in [-0.15, -0.1) is 0 Å². The van der Waals surface area contributed by atoms with Crippen molar-refractivity contribution in [1.29, 1.82) is 0 Å². The van der Waals surface area contributed by atoms with E-state index in [4.69, 9.17) is 18.9 Å². The Kier molecular flexibility index (Phi) is 16.2. The fraction of sp³-hybridized carbons (Fsp3) is 0.677. The fourth-order valence-corrected chi connectivity index (χ4v) is 3.86. The Morgan fingerprint density at radius 2 is 1.40 bits per heavy atom. The summed E-state index contributed by atoms with van der Waals surface area (Å²) in [4.78, 5) is 49.9. The number of methoxy groups -OCH3 is 1. The molecule has 1 aromatic carbocycles. The second-order valence-corrected chi connectivity index (χ2v) is 10.8. The summed E-state index contributed by atoms with van der Waals surface area (Å²) in [7, 11) is 1.30. The van der Waals surface area contributed by atoms with Crippen molar-refractivity contribution in [3.8, 4) is 11.5 Å². The molecule has 4 unspecified atom stereocenters. The zero-order valence-electron chi connectivity index (χ0n) is 25.5. The summed E-state index contributed by atoms with van der Waals surface area (Å²) in [5.74, 6) is -1.22. The van der Waals surface area contributed by atoms with Gasteiger partial charge in [-0.3, -0.25) is 19.2 Å². The molecule has 9 heteroatoms. The first-order valence-electron chi connectivity index (χ1n) is 14.5. The molecule has 0 heterocycles. The first-order chi connectivity index (χ1) is 18.9. The minimum Gasteiger partial charge on any atom is -0.468 e. The summed E-state index contributed by atoms with van der Waals surface area (Å²) in [5.41, 5.74) is 0.664. The molecule has 0 bridgehead atoms. The lowest BCUT2D eigenvalue weighted by Gasteiger charge is -2.21. The minimum atomic E-state index is -0.748. The van der Waals surface area contributed by atoms with Gasteiger partial charge in [-0.05, 0) is 49.3 Å². The zero-order valence-corrected chi connectivity index (χ0v) is 25.5. The number of benzene rings is 1. The van der Waals surface area contributed by atoms with Crippen LogP contribution in [0, 0.1) is 17.8 Å². The number of ether oxygens (including phenoxy) is 4. The maximum absolute atomic E-state index is 12.6. The molecule has 5 atom stereocenters. The normalized spacial score (nSPS) is 14.8. The van der Waals surface area contributed by atoms with Gasteiger partial charge in [0.2, 0.25) is 0 Å². The van der Waals surface area contributed by atoms with E-state index in [1.54, 1.807) is 25.1 Å². The van der Waals surface area contributed by atoms with Gasteiger partial charge < -0.3 is 24.3 Å². The molecule has 1 rings (SSSR count). The predicted molar refractivity (Wildman–Crippen MR) is 153 cm³/mol. The van der Waals surface area contributed by atoms with Gasteiger partial charge in [0.05, 0.1) is 13.0 Å². The van der Waals surface area contributed by atoms with Gasteiger partial charge in [0.15, 0.2) is 11.5 Å². The Labute approximate surface area is 239 Å². The van der Waals surface area contributed by atoms with E-state index in [0.29, 0.717) is 5.56 Å². The number of carbonyl (C=O) groups excluding carboxylic acids is 4. The summed E-state index contributed by atoms with van der Waals surface area (Å²) in [6.45, 7) is 13.8. The molecule has 0 fully saturated rings. The molecule has 1 aromatic rings. The third kappa shape index (κ3) is 12.9. The van der Waals surface area contributed by atoms with Gasteiger partial charge in [-0.25, -0.2) is 0 Å². The molecule has 0 aromatic heterocycles. The quantitative estimate of drug-likeness (QED) is 0.185. The average molecular weight is 564 g/mol. The lowest BCUT2D eigenvalue weighted by Crippen LogP contribution is -2.43. The number of esters is 4. The largest absolute Gasteiger partial charge is 0.468 e. The molecular formula is C31H49NO8. The summed E-state index contributed by atoms with van der Waals surface area (Å²) in [5, 5.41) is 3.12. The molecule has 0 aliphatic carbocycles. The molecule has 0 saturated carbocycles. The van der Waals surface area contributed by atoms with Crippen LogP contribution in [0.15, 0.2) is 18.2 Å². The van der Waals surface area contributed by atoms with Crippen molar-refractivity contribution in [2.24, 2.45) is 17.8 Å². The third-order valence-corrected chi connectivity index (χ3v) is 6.90. The molecule has 0 aliphatic rings. The van der Waals surface area contributed by atoms with Crippen molar-refractivity contribution in [2.75, 3.05) is 13.7 Å². The highest BCUT2D eigenvalue weighted by Gasteiger charge is 2.24. The Bertz CT molecular complexity index is 963. The van der Waals surface area contributed by atoms with Crippen LogP contribution in [-0.2, 0) is 35.1 Å². The summed E-state index contributed by atoms with van der Waals surface area (Å²) < 4.78 is 21.7. The van der Waals surface area contributed by atoms with Crippen molar-refractivity contribution in [2.45, 2.75) is 106 Å². The molecule has 226 valence electrons. The number of nitrogens with one attached hydrogen (secondary N) is 1. The van der Waals surface area contributed by atoms with E-state index in [9.17, 15) is 19.2 Å². The van der Waals surface area contributed by atoms with Crippen molar-refractivity contribution < 1.29 is 38.1 Å². The first-order valence-corrected chi connectivity index (χ1v) is 14.5. The molecule has 0 radical (unpaired) electrons. The van der Waals surface area contributed by atoms with Crippen molar-refractivity contribution in [3.05, 3.63) is 23.8 Å². The molecule has 0 aliphatic heterocycles. The van der Waals surface area contributed by atoms with Crippen molar-refractivity contribution in [3.63, 3.8) is 0 Å². The van der Waals surface area contributed by atoms with E-state index in [-0.39, 0.29) is 61.0 Å². The molecular weight excluding hydrogens is 514 g/mol. The number of hydrogen-bond donors (Lipinski definition) is 1. The van der Waals surface area contributed by atoms with E-state index in [0.717, 1.165) is 25.7 Å². The standard InChI is InChI=1S/C31H49NO8/c1-9-12-22(6)30(35)38-23(7)19-32-25(31(36)37-8)17-24-13-14-26(39-28(33)15-20(4)10-2)27(18-24)40-29(34)16-21(5)11-3/h13-14,18,20-23,25,32H,9-12,15-17,19H2,1-8H3/t20?,21?,22?,23?,25-/m0/s1. The van der Waals surface area contributed by atoms with E-state index in [2.05, 4.69) is 5.32 Å². The lowest BCUT2D eigenvalue weighted by atomic mass is 10.0. The Morgan fingerprint density at radius 3 is 1.93 bits per heavy atom. The SMILES string of the molecule is CCCC(C)C(=O)OC(C)CN[C@@H](Cc1ccc(OC(=O)CC(C)CC)c(OC(=O)CC(C)CC)c1)C(=O)OC. The van der Waals surface area contributed by atoms with Crippen LogP contribution in [0.1, 0.15) is 92.6 Å². The van der Waals surface area contributed by atoms with Gasteiger partial charge >= 0.3 is 23.9 Å². The van der Waals surface area contributed by atoms with E-state index < -0.39 is 30.1 Å². The molecule has 1 N–H and O–H groups in total. The van der Waals surface area contributed by atoms with Crippen LogP contribution in [0.2, 0.25) is 0 Å². The number of rotatable bonds is 18. The third-order valence-electron chi connectivity index (χ3n) is 6.90. The summed E-state index contributed by atoms with van der Waals surface area (Å²) in [6, 6.07) is 4.14. The Morgan fingerprint density at radius 1 is 0.825 bits per heavy atom. The van der Waals surface area contributed by atoms with Crippen LogP contribution in [0.3, 0.4) is 0 Å². The maximum atomic E-state index is 12.6. The zero-order chi connectivity index (χ0) is 30.2. The van der Waals surface area contributed by atoms with E-state index in [1.165, 1.54) is 7.11 Å². The minimum absolute atomic E-state index is 0.124. The molecule has 40 heavy (non-hydrogen) atoms. The van der Waals surface area contributed by atoms with Gasteiger partial charge in [-0.1, -0.05) is 66.9 Å². The van der Waals surface area contributed by atoms with Crippen molar-refractivity contribution in [1.82, 2.24) is 5.32 Å². The smallest absolute Gasteiger partial charge is 0.323 e. The topological polar surface area (TPSA) is 117 Å². The highest BCUT2D eigenvalue weighted by atomic mass is 16.6. The molecule has 0 spiro atoms. The van der Waals surface area contributed by atoms with Crippen LogP contribution in [0.25, 0.3) is 0 Å². The van der Waals surface area contributed by atoms with Crippen LogP contribution in [0.5, 0.6) is 11.5 Å². The molecule has 9 nitrogen and oxygen atoms in total. The number of hydrogen-bond acceptors (Lipinski definition) is 9. The van der Waals surface area contributed by atoms with Gasteiger partial charge in [0.25, 0.3) is 0 Å². The Balaban J connectivity index is 3.07. The van der Waals surface area contributed by atoms with Crippen LogP contribution in [-0.4, -0.2) is 49.7 Å². The highest BCUT2D eigenvalue weighted by Crippen LogP contribution is 2.31. The van der Waals surface area contributed by atoms with Crippen LogP contribution < -0.4 is 14.8 Å². The predicted octanol–water partition coefficient (Wildman–Crippen LogP) is 5.41. The van der Waals surface area contributed by atoms with Crippen molar-refractivity contribution >= 4 is 23.9 Å². The van der Waals surface area contributed by atoms with Gasteiger partial charge in [0, 0.05) is 19.4 Å². The molecule has 0 amide bonds. The van der Waals surface area contributed by atoms with E-state index in [1.807, 2.05) is 41.5 Å². The summed E-state index contributed by atoms with van der Waals surface area (Å²) >= 11 is 0. The second kappa shape index (κ2) is 18.4. The molecule has 0 saturated heterocycles. The van der Waals surface area contributed by atoms with Gasteiger partial charge in [0.1, 0.15) is 12.1 Å².